The molecule has 9 nitrogen and oxygen atoms in total. The number of aromatic nitrogens is 1. The second-order valence-electron chi connectivity index (χ2n) is 7.58. The predicted octanol–water partition coefficient (Wildman–Crippen LogP) is 1.61. The molecule has 3 heterocycles. The van der Waals surface area contributed by atoms with Crippen LogP contribution in [0.4, 0.5) is 10.5 Å². The van der Waals surface area contributed by atoms with Gasteiger partial charge in [-0.05, 0) is 49.2 Å². The number of amides is 4. The van der Waals surface area contributed by atoms with Gasteiger partial charge in [-0.2, -0.15) is 0 Å². The van der Waals surface area contributed by atoms with E-state index in [2.05, 4.69) is 15.6 Å². The van der Waals surface area contributed by atoms with Crippen molar-refractivity contribution in [2.45, 2.75) is 31.5 Å². The molecular formula is C22H25N5O4. The minimum absolute atomic E-state index is 0.135. The zero-order valence-electron chi connectivity index (χ0n) is 17.3. The number of pyridine rings is 1. The Kier molecular flexibility index (Phi) is 6.13. The quantitative estimate of drug-likeness (QED) is 0.732. The van der Waals surface area contributed by atoms with E-state index in [4.69, 9.17) is 4.74 Å². The number of anilines is 1. The highest BCUT2D eigenvalue weighted by Crippen LogP contribution is 2.27. The summed E-state index contributed by atoms with van der Waals surface area (Å²) in [5.41, 5.74) is 1.33. The number of fused-ring (bicyclic) bond motifs is 1. The first kappa shape index (κ1) is 20.8. The van der Waals surface area contributed by atoms with Gasteiger partial charge in [0.25, 0.3) is 0 Å². The lowest BCUT2D eigenvalue weighted by atomic mass is 9.93. The van der Waals surface area contributed by atoms with Gasteiger partial charge in [-0.1, -0.05) is 12.1 Å². The van der Waals surface area contributed by atoms with Crippen molar-refractivity contribution in [1.82, 2.24) is 20.1 Å². The second-order valence-corrected chi connectivity index (χ2v) is 7.58. The van der Waals surface area contributed by atoms with E-state index in [1.807, 2.05) is 6.07 Å². The number of methoxy groups -OCH3 is 1. The fourth-order valence-electron chi connectivity index (χ4n) is 4.11. The van der Waals surface area contributed by atoms with E-state index in [0.717, 1.165) is 12.0 Å². The fourth-order valence-corrected chi connectivity index (χ4v) is 4.11. The van der Waals surface area contributed by atoms with Crippen LogP contribution in [0.1, 0.15) is 18.4 Å². The molecule has 2 atom stereocenters. The van der Waals surface area contributed by atoms with Crippen LogP contribution in [0.2, 0.25) is 0 Å². The molecule has 9 heteroatoms. The molecule has 1 aromatic heterocycles. The van der Waals surface area contributed by atoms with E-state index in [9.17, 15) is 14.4 Å². The molecule has 2 aliphatic rings. The van der Waals surface area contributed by atoms with Gasteiger partial charge in [-0.25, -0.2) is 4.79 Å². The Labute approximate surface area is 180 Å². The van der Waals surface area contributed by atoms with Crippen LogP contribution < -0.4 is 15.4 Å². The maximum absolute atomic E-state index is 13.3. The Morgan fingerprint density at radius 2 is 2.00 bits per heavy atom. The normalized spacial score (nSPS) is 20.9. The molecule has 2 aromatic rings. The van der Waals surface area contributed by atoms with Crippen molar-refractivity contribution in [3.63, 3.8) is 0 Å². The fraction of sp³-hybridized carbons (Fsp3) is 0.364. The van der Waals surface area contributed by atoms with Crippen molar-refractivity contribution in [2.24, 2.45) is 0 Å². The number of ether oxygens (including phenoxy) is 1. The third kappa shape index (κ3) is 4.36. The molecule has 4 rings (SSSR count). The summed E-state index contributed by atoms with van der Waals surface area (Å²) in [6.45, 7) is 0.682. The summed E-state index contributed by atoms with van der Waals surface area (Å²) in [5, 5.41) is 6.04. The summed E-state index contributed by atoms with van der Waals surface area (Å²) in [4.78, 5) is 45.9. The Morgan fingerprint density at radius 3 is 2.77 bits per heavy atom. The Balaban J connectivity index is 1.54. The maximum Gasteiger partial charge on any atom is 0.327 e. The highest BCUT2D eigenvalue weighted by molar-refractivity contribution is 6.03. The van der Waals surface area contributed by atoms with Gasteiger partial charge in [-0.15, -0.1) is 0 Å². The number of carbonyl (C=O) groups excluding carboxylic acids is 3. The Hall–Kier alpha value is -3.46. The van der Waals surface area contributed by atoms with Crippen LogP contribution in [0.5, 0.6) is 5.75 Å². The highest BCUT2D eigenvalue weighted by atomic mass is 16.5. The largest absolute Gasteiger partial charge is 0.495 e. The highest BCUT2D eigenvalue weighted by Gasteiger charge is 2.47. The number of nitrogens with one attached hydrogen (secondary N) is 2. The first-order valence-corrected chi connectivity index (χ1v) is 10.3. The van der Waals surface area contributed by atoms with E-state index in [0.29, 0.717) is 24.4 Å². The van der Waals surface area contributed by atoms with E-state index >= 15 is 0 Å². The van der Waals surface area contributed by atoms with Crippen LogP contribution in [0.15, 0.2) is 48.8 Å². The van der Waals surface area contributed by atoms with Crippen molar-refractivity contribution in [2.75, 3.05) is 25.5 Å². The zero-order chi connectivity index (χ0) is 21.8. The summed E-state index contributed by atoms with van der Waals surface area (Å²) in [7, 11) is 1.53. The van der Waals surface area contributed by atoms with Gasteiger partial charge in [0.05, 0.1) is 25.4 Å². The van der Waals surface area contributed by atoms with Crippen LogP contribution in [0.3, 0.4) is 0 Å². The monoisotopic (exact) mass is 423 g/mol. The molecule has 2 unspecified atom stereocenters. The van der Waals surface area contributed by atoms with Gasteiger partial charge in [-0.3, -0.25) is 19.5 Å². The number of hydrogen-bond donors (Lipinski definition) is 2. The molecule has 1 aromatic carbocycles. The van der Waals surface area contributed by atoms with Crippen LogP contribution in [-0.2, 0) is 16.1 Å². The molecule has 0 bridgehead atoms. The summed E-state index contributed by atoms with van der Waals surface area (Å²) in [5.74, 6) is -0.0687. The van der Waals surface area contributed by atoms with Gasteiger partial charge in [0, 0.05) is 12.4 Å². The lowest BCUT2D eigenvalue weighted by Crippen LogP contribution is -2.70. The lowest BCUT2D eigenvalue weighted by Gasteiger charge is -2.46. The summed E-state index contributed by atoms with van der Waals surface area (Å²) < 4.78 is 5.28. The minimum Gasteiger partial charge on any atom is -0.495 e. The third-order valence-corrected chi connectivity index (χ3v) is 5.62. The van der Waals surface area contributed by atoms with Gasteiger partial charge in [0.2, 0.25) is 11.8 Å². The summed E-state index contributed by atoms with van der Waals surface area (Å²) in [6.07, 6.45) is 4.74. The number of piperidine rings is 1. The smallest absolute Gasteiger partial charge is 0.327 e. The Bertz CT molecular complexity index is 967. The standard InChI is InChI=1S/C22H25N5O4/c1-31-18-7-3-2-5-16(18)25-19(28)14-26-17-6-4-10-24-20(17)21(29)27(22(26)30)13-15-8-11-23-12-9-15/h2-3,5,7-9,11-12,17,20,24H,4,6,10,13-14H2,1H3,(H,25,28). The van der Waals surface area contributed by atoms with Crippen LogP contribution in [-0.4, -0.2) is 64.9 Å². The molecule has 2 saturated heterocycles. The topological polar surface area (TPSA) is 104 Å². The SMILES string of the molecule is COc1ccccc1NC(=O)CN1C(=O)N(Cc2ccncc2)C(=O)C2NCCCC21. The molecule has 2 N–H and O–H groups in total. The van der Waals surface area contributed by atoms with E-state index in [1.165, 1.54) is 16.9 Å². The molecule has 0 spiro atoms. The van der Waals surface area contributed by atoms with Crippen molar-refractivity contribution in [3.05, 3.63) is 54.4 Å². The number of nitrogens with zero attached hydrogens (tertiary/aromatic N) is 3. The number of hydrogen-bond acceptors (Lipinski definition) is 6. The van der Waals surface area contributed by atoms with Crippen molar-refractivity contribution >= 4 is 23.5 Å². The Morgan fingerprint density at radius 1 is 1.23 bits per heavy atom. The number of rotatable bonds is 6. The van der Waals surface area contributed by atoms with Crippen molar-refractivity contribution < 1.29 is 19.1 Å². The number of imide groups is 1. The summed E-state index contributed by atoms with van der Waals surface area (Å²) in [6, 6.07) is 9.28. The molecule has 31 heavy (non-hydrogen) atoms. The van der Waals surface area contributed by atoms with Gasteiger partial charge >= 0.3 is 6.03 Å². The number of urea groups is 1. The van der Waals surface area contributed by atoms with Crippen LogP contribution in [0.25, 0.3) is 0 Å². The molecule has 0 radical (unpaired) electrons. The molecule has 2 aliphatic heterocycles. The van der Waals surface area contributed by atoms with Crippen molar-refractivity contribution in [1.29, 1.82) is 0 Å². The second kappa shape index (κ2) is 9.13. The molecule has 4 amide bonds. The molecule has 162 valence electrons. The molecule has 2 fully saturated rings. The minimum atomic E-state index is -0.521. The molecular weight excluding hydrogens is 398 g/mol. The van der Waals surface area contributed by atoms with E-state index in [-0.39, 0.29) is 30.9 Å². The van der Waals surface area contributed by atoms with E-state index < -0.39 is 12.1 Å². The van der Waals surface area contributed by atoms with E-state index in [1.54, 1.807) is 42.7 Å². The van der Waals surface area contributed by atoms with Crippen LogP contribution in [0, 0.1) is 0 Å². The first-order valence-electron chi connectivity index (χ1n) is 10.3. The van der Waals surface area contributed by atoms with Crippen LogP contribution >= 0.6 is 0 Å². The zero-order valence-corrected chi connectivity index (χ0v) is 17.3. The maximum atomic E-state index is 13.3. The number of para-hydroxylation sites is 2. The third-order valence-electron chi connectivity index (χ3n) is 5.62. The average molecular weight is 423 g/mol. The molecule has 0 aliphatic carbocycles. The predicted molar refractivity (Wildman–Crippen MR) is 113 cm³/mol. The van der Waals surface area contributed by atoms with Gasteiger partial charge in [0.15, 0.2) is 0 Å². The van der Waals surface area contributed by atoms with Crippen molar-refractivity contribution in [3.8, 4) is 5.75 Å². The summed E-state index contributed by atoms with van der Waals surface area (Å²) >= 11 is 0. The van der Waals surface area contributed by atoms with Gasteiger partial charge in [0.1, 0.15) is 18.3 Å². The average Bonchev–Trinajstić information content (AvgIpc) is 2.80. The first-order chi connectivity index (χ1) is 15.1. The molecule has 0 saturated carbocycles. The lowest BCUT2D eigenvalue weighted by molar-refractivity contribution is -0.138. The number of benzene rings is 1. The van der Waals surface area contributed by atoms with Gasteiger partial charge < -0.3 is 20.3 Å². The number of carbonyl (C=O) groups is 3.